The van der Waals surface area contributed by atoms with Crippen LogP contribution in [0.4, 0.5) is 17.1 Å². The molecule has 276 valence electrons. The van der Waals surface area contributed by atoms with E-state index < -0.39 is 0 Å². The average molecular weight is 786 g/mol. The molecule has 1 nitrogen and oxygen atoms in total. The van der Waals surface area contributed by atoms with Crippen LogP contribution in [0.15, 0.2) is 212 Å². The molecule has 0 N–H and O–H groups in total. The molecule has 0 aliphatic heterocycles. The molecule has 0 bridgehead atoms. The number of rotatable bonds is 6. The summed E-state index contributed by atoms with van der Waals surface area (Å²) in [5, 5.41) is 10.6. The van der Waals surface area contributed by atoms with Crippen molar-refractivity contribution in [3.8, 4) is 33.4 Å². The first kappa shape index (κ1) is 34.0. The van der Waals surface area contributed by atoms with Crippen LogP contribution in [0.2, 0.25) is 0 Å². The fraction of sp³-hybridized carbons (Fsp3) is 0. The zero-order valence-electron chi connectivity index (χ0n) is 32.0. The molecule has 0 amide bonds. The molecule has 12 aromatic rings. The average Bonchev–Trinajstić information content (AvgIpc) is 3.90. The van der Waals surface area contributed by atoms with Gasteiger partial charge in [-0.2, -0.15) is 0 Å². The van der Waals surface area contributed by atoms with Crippen molar-refractivity contribution in [3.63, 3.8) is 0 Å². The highest BCUT2D eigenvalue weighted by molar-refractivity contribution is 7.27. The van der Waals surface area contributed by atoms with E-state index in [-0.39, 0.29) is 0 Å². The number of nitrogens with zero attached hydrogens (tertiary/aromatic N) is 1. The Hall–Kier alpha value is -7.04. The van der Waals surface area contributed by atoms with Gasteiger partial charge in [-0.05, 0) is 103 Å². The van der Waals surface area contributed by atoms with E-state index in [1.807, 2.05) is 22.7 Å². The molecule has 3 heteroatoms. The van der Waals surface area contributed by atoms with E-state index >= 15 is 0 Å². The first-order chi connectivity index (χ1) is 29.2. The van der Waals surface area contributed by atoms with E-state index in [0.29, 0.717) is 0 Å². The molecule has 0 saturated carbocycles. The van der Waals surface area contributed by atoms with Gasteiger partial charge in [0.25, 0.3) is 0 Å². The minimum absolute atomic E-state index is 1.11. The van der Waals surface area contributed by atoms with E-state index in [1.54, 1.807) is 0 Å². The lowest BCUT2D eigenvalue weighted by Crippen LogP contribution is -2.09. The first-order valence-corrected chi connectivity index (χ1v) is 21.7. The molecule has 0 spiro atoms. The van der Waals surface area contributed by atoms with Crippen molar-refractivity contribution < 1.29 is 0 Å². The van der Waals surface area contributed by atoms with Gasteiger partial charge in [0.15, 0.2) is 0 Å². The van der Waals surface area contributed by atoms with Crippen LogP contribution in [0.25, 0.3) is 95.3 Å². The molecule has 0 aliphatic carbocycles. The van der Waals surface area contributed by atoms with Crippen LogP contribution in [0.5, 0.6) is 0 Å². The lowest BCUT2D eigenvalue weighted by molar-refractivity contribution is 1.28. The Morgan fingerprint density at radius 1 is 0.271 bits per heavy atom. The molecular weight excluding hydrogens is 751 g/mol. The topological polar surface area (TPSA) is 3.24 Å². The summed E-state index contributed by atoms with van der Waals surface area (Å²) in [5.74, 6) is 0. The fourth-order valence-corrected chi connectivity index (χ4v) is 11.6. The number of hydrogen-bond acceptors (Lipinski definition) is 3. The third kappa shape index (κ3) is 5.66. The molecule has 12 rings (SSSR count). The van der Waals surface area contributed by atoms with E-state index in [0.717, 1.165) is 17.1 Å². The predicted octanol–water partition coefficient (Wildman–Crippen LogP) is 17.2. The van der Waals surface area contributed by atoms with Gasteiger partial charge in [0, 0.05) is 57.4 Å². The van der Waals surface area contributed by atoms with Crippen molar-refractivity contribution in [1.82, 2.24) is 0 Å². The molecule has 0 saturated heterocycles. The number of hydrogen-bond donors (Lipinski definition) is 0. The summed E-state index contributed by atoms with van der Waals surface area (Å²) in [6.07, 6.45) is 0. The standard InChI is InChI=1S/C56H35NS2/c1-2-10-36(11-3-1)37-20-28-42(29-21-37)57(43-30-22-40(23-31-43)47-16-8-18-49-53-45-14-6-4-12-38(45)26-34-51(53)58-55(47)49)44-32-24-41(25-33-44)48-17-9-19-50-54-46-15-7-5-13-39(46)27-35-52(54)59-56(48)50/h1-35H. The summed E-state index contributed by atoms with van der Waals surface area (Å²) in [4.78, 5) is 2.38. The molecule has 2 aromatic heterocycles. The lowest BCUT2D eigenvalue weighted by atomic mass is 9.99. The summed E-state index contributed by atoms with van der Waals surface area (Å²) in [6, 6.07) is 77.9. The Labute approximate surface area is 350 Å². The van der Waals surface area contributed by atoms with Crippen molar-refractivity contribution in [2.75, 3.05) is 4.90 Å². The number of benzene rings is 10. The Balaban J connectivity index is 0.951. The van der Waals surface area contributed by atoms with Crippen molar-refractivity contribution in [2.45, 2.75) is 0 Å². The number of fused-ring (bicyclic) bond motifs is 10. The van der Waals surface area contributed by atoms with Crippen molar-refractivity contribution in [2.24, 2.45) is 0 Å². The van der Waals surface area contributed by atoms with Gasteiger partial charge in [0.2, 0.25) is 0 Å². The lowest BCUT2D eigenvalue weighted by Gasteiger charge is -2.26. The molecular formula is C56H35NS2. The summed E-state index contributed by atoms with van der Waals surface area (Å²) >= 11 is 3.79. The van der Waals surface area contributed by atoms with Crippen molar-refractivity contribution in [3.05, 3.63) is 212 Å². The molecule has 0 aliphatic rings. The van der Waals surface area contributed by atoms with E-state index in [2.05, 4.69) is 217 Å². The molecule has 0 atom stereocenters. The maximum Gasteiger partial charge on any atom is 0.0462 e. The highest BCUT2D eigenvalue weighted by Crippen LogP contribution is 2.46. The van der Waals surface area contributed by atoms with Gasteiger partial charge >= 0.3 is 0 Å². The van der Waals surface area contributed by atoms with Gasteiger partial charge in [-0.15, -0.1) is 22.7 Å². The largest absolute Gasteiger partial charge is 0.311 e. The maximum atomic E-state index is 2.38. The van der Waals surface area contributed by atoms with Crippen LogP contribution >= 0.6 is 22.7 Å². The SMILES string of the molecule is c1ccc(-c2ccc(N(c3ccc(-c4cccc5c4sc4ccc6ccccc6c45)cc3)c3ccc(-c4cccc5c4sc4ccc6ccccc6c45)cc3)cc2)cc1. The van der Waals surface area contributed by atoms with Crippen LogP contribution in [0.1, 0.15) is 0 Å². The van der Waals surface area contributed by atoms with Gasteiger partial charge in [-0.3, -0.25) is 0 Å². The smallest absolute Gasteiger partial charge is 0.0462 e. The van der Waals surface area contributed by atoms with Crippen LogP contribution in [0, 0.1) is 0 Å². The predicted molar refractivity (Wildman–Crippen MR) is 258 cm³/mol. The normalized spacial score (nSPS) is 11.7. The van der Waals surface area contributed by atoms with Gasteiger partial charge < -0.3 is 4.90 Å². The van der Waals surface area contributed by atoms with Gasteiger partial charge in [-0.25, -0.2) is 0 Å². The molecule has 10 aromatic carbocycles. The second kappa shape index (κ2) is 13.8. The van der Waals surface area contributed by atoms with Crippen molar-refractivity contribution in [1.29, 1.82) is 0 Å². The molecule has 0 fully saturated rings. The number of thiophene rings is 2. The van der Waals surface area contributed by atoms with E-state index in [1.165, 1.54) is 95.3 Å². The monoisotopic (exact) mass is 785 g/mol. The maximum absolute atomic E-state index is 2.38. The zero-order chi connectivity index (χ0) is 38.9. The summed E-state index contributed by atoms with van der Waals surface area (Å²) in [5.41, 5.74) is 10.7. The summed E-state index contributed by atoms with van der Waals surface area (Å²) < 4.78 is 5.32. The third-order valence-electron chi connectivity index (χ3n) is 11.9. The third-order valence-corrected chi connectivity index (χ3v) is 14.3. The Morgan fingerprint density at radius 3 is 1.14 bits per heavy atom. The van der Waals surface area contributed by atoms with Crippen molar-refractivity contribution >= 4 is 102 Å². The number of anilines is 3. The van der Waals surface area contributed by atoms with Crippen LogP contribution < -0.4 is 4.90 Å². The van der Waals surface area contributed by atoms with Crippen LogP contribution in [-0.2, 0) is 0 Å². The Morgan fingerprint density at radius 2 is 0.661 bits per heavy atom. The molecule has 0 unspecified atom stereocenters. The van der Waals surface area contributed by atoms with E-state index in [9.17, 15) is 0 Å². The van der Waals surface area contributed by atoms with Gasteiger partial charge in [0.05, 0.1) is 0 Å². The quantitative estimate of drug-likeness (QED) is 0.162. The highest BCUT2D eigenvalue weighted by atomic mass is 32.1. The zero-order valence-corrected chi connectivity index (χ0v) is 33.6. The second-order valence-corrected chi connectivity index (χ2v) is 17.3. The molecule has 59 heavy (non-hydrogen) atoms. The van der Waals surface area contributed by atoms with Crippen LogP contribution in [-0.4, -0.2) is 0 Å². The first-order valence-electron chi connectivity index (χ1n) is 20.1. The Kier molecular flexibility index (Phi) is 7.97. The van der Waals surface area contributed by atoms with Gasteiger partial charge in [0.1, 0.15) is 0 Å². The summed E-state index contributed by atoms with van der Waals surface area (Å²) in [7, 11) is 0. The fourth-order valence-electron chi connectivity index (χ4n) is 9.05. The highest BCUT2D eigenvalue weighted by Gasteiger charge is 2.18. The second-order valence-electron chi connectivity index (χ2n) is 15.2. The van der Waals surface area contributed by atoms with Gasteiger partial charge in [-0.1, -0.05) is 164 Å². The minimum atomic E-state index is 1.11. The van der Waals surface area contributed by atoms with Crippen LogP contribution in [0.3, 0.4) is 0 Å². The van der Waals surface area contributed by atoms with E-state index in [4.69, 9.17) is 0 Å². The summed E-state index contributed by atoms with van der Waals surface area (Å²) in [6.45, 7) is 0. The minimum Gasteiger partial charge on any atom is -0.311 e. The molecule has 0 radical (unpaired) electrons. The Bertz CT molecular complexity index is 3330. The molecule has 2 heterocycles.